The van der Waals surface area contributed by atoms with E-state index in [1.807, 2.05) is 30.3 Å². The number of amides is 1. The molecular weight excluding hydrogens is 428 g/mol. The molecule has 4 rings (SSSR count). The van der Waals surface area contributed by atoms with Gasteiger partial charge in [-0.05, 0) is 53.9 Å². The smallest absolute Gasteiger partial charge is 0.295 e. The van der Waals surface area contributed by atoms with E-state index in [-0.39, 0.29) is 17.9 Å². The molecule has 1 saturated heterocycles. The number of Topliss-reactive ketones (excluding diaryl/α,β-unsaturated/α-hetero) is 1. The van der Waals surface area contributed by atoms with Crippen LogP contribution in [0.1, 0.15) is 48.9 Å². The van der Waals surface area contributed by atoms with Crippen LogP contribution in [-0.4, -0.2) is 33.3 Å². The first kappa shape index (κ1) is 23.2. The van der Waals surface area contributed by atoms with Crippen molar-refractivity contribution in [1.29, 1.82) is 0 Å². The van der Waals surface area contributed by atoms with Crippen LogP contribution in [0.2, 0.25) is 0 Å². The molecule has 1 fully saturated rings. The summed E-state index contributed by atoms with van der Waals surface area (Å²) in [5.41, 5.74) is 2.15. The van der Waals surface area contributed by atoms with Gasteiger partial charge in [0.05, 0.1) is 18.2 Å². The Kier molecular flexibility index (Phi) is 7.38. The Morgan fingerprint density at radius 2 is 1.68 bits per heavy atom. The average molecular weight is 457 g/mol. The number of pyridine rings is 1. The first-order valence-corrected chi connectivity index (χ1v) is 11.6. The SMILES string of the molecule is CCCCCOc1ccc(/C(O)=C2\C(=O)C(=O)N(Cc3ccncc3)C2c2ccccc2)cc1. The fraction of sp³-hybridized carbons (Fsp3) is 0.250. The summed E-state index contributed by atoms with van der Waals surface area (Å²) in [5, 5.41) is 11.2. The molecule has 6 heteroatoms. The highest BCUT2D eigenvalue weighted by Gasteiger charge is 2.46. The number of hydrogen-bond donors (Lipinski definition) is 1. The molecule has 1 aliphatic heterocycles. The number of likely N-dealkylation sites (tertiary alicyclic amines) is 1. The predicted molar refractivity (Wildman–Crippen MR) is 130 cm³/mol. The first-order chi connectivity index (χ1) is 16.6. The van der Waals surface area contributed by atoms with Gasteiger partial charge in [0.25, 0.3) is 11.7 Å². The van der Waals surface area contributed by atoms with Gasteiger partial charge in [-0.15, -0.1) is 0 Å². The van der Waals surface area contributed by atoms with E-state index in [0.29, 0.717) is 17.9 Å². The van der Waals surface area contributed by atoms with Crippen molar-refractivity contribution < 1.29 is 19.4 Å². The van der Waals surface area contributed by atoms with E-state index in [0.717, 1.165) is 30.4 Å². The van der Waals surface area contributed by atoms with Gasteiger partial charge in [0, 0.05) is 24.5 Å². The van der Waals surface area contributed by atoms with E-state index >= 15 is 0 Å². The van der Waals surface area contributed by atoms with E-state index in [9.17, 15) is 14.7 Å². The zero-order chi connectivity index (χ0) is 23.9. The first-order valence-electron chi connectivity index (χ1n) is 11.6. The number of carbonyl (C=O) groups is 2. The fourth-order valence-corrected chi connectivity index (χ4v) is 4.12. The Morgan fingerprint density at radius 3 is 2.35 bits per heavy atom. The highest BCUT2D eigenvalue weighted by molar-refractivity contribution is 6.46. The number of rotatable bonds is 9. The van der Waals surface area contributed by atoms with Gasteiger partial charge in [-0.2, -0.15) is 0 Å². The average Bonchev–Trinajstić information content (AvgIpc) is 3.12. The summed E-state index contributed by atoms with van der Waals surface area (Å²) in [6.45, 7) is 3.00. The molecule has 1 atom stereocenters. The Morgan fingerprint density at radius 1 is 0.971 bits per heavy atom. The Hall–Kier alpha value is -3.93. The third-order valence-electron chi connectivity index (χ3n) is 5.90. The third-order valence-corrected chi connectivity index (χ3v) is 5.90. The van der Waals surface area contributed by atoms with Gasteiger partial charge in [0.15, 0.2) is 0 Å². The van der Waals surface area contributed by atoms with Crippen molar-refractivity contribution in [2.75, 3.05) is 6.61 Å². The van der Waals surface area contributed by atoms with Gasteiger partial charge in [-0.3, -0.25) is 14.6 Å². The van der Waals surface area contributed by atoms with Crippen LogP contribution in [0.4, 0.5) is 0 Å². The molecule has 174 valence electrons. The number of nitrogens with zero attached hydrogens (tertiary/aromatic N) is 2. The molecule has 1 amide bonds. The maximum Gasteiger partial charge on any atom is 0.295 e. The molecule has 1 N–H and O–H groups in total. The van der Waals surface area contributed by atoms with Crippen molar-refractivity contribution in [1.82, 2.24) is 9.88 Å². The maximum absolute atomic E-state index is 13.1. The van der Waals surface area contributed by atoms with Crippen molar-refractivity contribution in [3.8, 4) is 5.75 Å². The minimum atomic E-state index is -0.695. The molecule has 34 heavy (non-hydrogen) atoms. The lowest BCUT2D eigenvalue weighted by molar-refractivity contribution is -0.140. The Bertz CT molecular complexity index is 1160. The Balaban J connectivity index is 1.68. The molecule has 2 aromatic carbocycles. The summed E-state index contributed by atoms with van der Waals surface area (Å²) in [6.07, 6.45) is 6.51. The number of aromatic nitrogens is 1. The van der Waals surface area contributed by atoms with Crippen LogP contribution in [0.5, 0.6) is 5.75 Å². The van der Waals surface area contributed by atoms with Crippen molar-refractivity contribution in [2.45, 2.75) is 38.8 Å². The lowest BCUT2D eigenvalue weighted by Crippen LogP contribution is -2.29. The van der Waals surface area contributed by atoms with Crippen LogP contribution in [0.15, 0.2) is 84.7 Å². The quantitative estimate of drug-likeness (QED) is 0.205. The second kappa shape index (κ2) is 10.8. The van der Waals surface area contributed by atoms with Crippen molar-refractivity contribution in [3.05, 3.63) is 101 Å². The van der Waals surface area contributed by atoms with Crippen LogP contribution in [-0.2, 0) is 16.1 Å². The van der Waals surface area contributed by atoms with Gasteiger partial charge < -0.3 is 14.7 Å². The Labute approximate surface area is 199 Å². The summed E-state index contributed by atoms with van der Waals surface area (Å²) >= 11 is 0. The summed E-state index contributed by atoms with van der Waals surface area (Å²) in [7, 11) is 0. The van der Waals surface area contributed by atoms with Crippen LogP contribution in [0.3, 0.4) is 0 Å². The molecule has 6 nitrogen and oxygen atoms in total. The molecule has 2 heterocycles. The highest BCUT2D eigenvalue weighted by atomic mass is 16.5. The normalized spacial score (nSPS) is 17.2. The molecule has 1 aliphatic rings. The van der Waals surface area contributed by atoms with E-state index in [1.54, 1.807) is 48.8 Å². The van der Waals surface area contributed by atoms with Gasteiger partial charge in [-0.1, -0.05) is 50.1 Å². The molecule has 0 radical (unpaired) electrons. The summed E-state index contributed by atoms with van der Waals surface area (Å²) in [4.78, 5) is 31.7. The van der Waals surface area contributed by atoms with Gasteiger partial charge in [-0.25, -0.2) is 0 Å². The van der Waals surface area contributed by atoms with E-state index < -0.39 is 17.7 Å². The molecule has 1 aromatic heterocycles. The molecule has 1 unspecified atom stereocenters. The molecule has 0 spiro atoms. The standard InChI is InChI=1S/C28H28N2O4/c1-2-3-7-18-34-23-12-10-22(11-13-23)26(31)24-25(21-8-5-4-6-9-21)30(28(33)27(24)32)19-20-14-16-29-17-15-20/h4-6,8-17,25,31H,2-3,7,18-19H2,1H3/b26-24+. The zero-order valence-electron chi connectivity index (χ0n) is 19.2. The van der Waals surface area contributed by atoms with Crippen LogP contribution in [0.25, 0.3) is 5.76 Å². The molecule has 3 aromatic rings. The number of ether oxygens (including phenoxy) is 1. The van der Waals surface area contributed by atoms with Crippen molar-refractivity contribution >= 4 is 17.4 Å². The number of carbonyl (C=O) groups excluding carboxylic acids is 2. The van der Waals surface area contributed by atoms with Crippen LogP contribution >= 0.6 is 0 Å². The van der Waals surface area contributed by atoms with Crippen LogP contribution in [0, 0.1) is 0 Å². The molecule has 0 saturated carbocycles. The maximum atomic E-state index is 13.1. The van der Waals surface area contributed by atoms with Gasteiger partial charge in [0.2, 0.25) is 0 Å². The number of aliphatic hydroxyl groups excluding tert-OH is 1. The summed E-state index contributed by atoms with van der Waals surface area (Å²) in [5.74, 6) is -0.823. The fourth-order valence-electron chi connectivity index (χ4n) is 4.12. The monoisotopic (exact) mass is 456 g/mol. The van der Waals surface area contributed by atoms with Gasteiger partial charge in [0.1, 0.15) is 11.5 Å². The molecule has 0 bridgehead atoms. The second-order valence-electron chi connectivity index (χ2n) is 8.27. The van der Waals surface area contributed by atoms with Gasteiger partial charge >= 0.3 is 0 Å². The molecular formula is C28H28N2O4. The number of ketones is 1. The van der Waals surface area contributed by atoms with E-state index in [1.165, 1.54) is 4.90 Å². The third kappa shape index (κ3) is 5.01. The largest absolute Gasteiger partial charge is 0.507 e. The summed E-state index contributed by atoms with van der Waals surface area (Å²) in [6, 6.07) is 19.2. The van der Waals surface area contributed by atoms with E-state index in [2.05, 4.69) is 11.9 Å². The lowest BCUT2D eigenvalue weighted by atomic mass is 9.95. The number of unbranched alkanes of at least 4 members (excludes halogenated alkanes) is 2. The minimum Gasteiger partial charge on any atom is -0.507 e. The second-order valence-corrected chi connectivity index (χ2v) is 8.27. The highest BCUT2D eigenvalue weighted by Crippen LogP contribution is 2.40. The van der Waals surface area contributed by atoms with E-state index in [4.69, 9.17) is 4.74 Å². The van der Waals surface area contributed by atoms with Crippen molar-refractivity contribution in [2.24, 2.45) is 0 Å². The van der Waals surface area contributed by atoms with Crippen molar-refractivity contribution in [3.63, 3.8) is 0 Å². The zero-order valence-corrected chi connectivity index (χ0v) is 19.2. The van der Waals surface area contributed by atoms with Crippen LogP contribution < -0.4 is 4.74 Å². The molecule has 0 aliphatic carbocycles. The number of hydrogen-bond acceptors (Lipinski definition) is 5. The lowest BCUT2D eigenvalue weighted by Gasteiger charge is -2.25. The summed E-state index contributed by atoms with van der Waals surface area (Å²) < 4.78 is 5.75. The number of aliphatic hydroxyl groups is 1. The number of benzene rings is 2. The predicted octanol–water partition coefficient (Wildman–Crippen LogP) is 5.27. The topological polar surface area (TPSA) is 79.7 Å². The minimum absolute atomic E-state index is 0.0851.